The Kier molecular flexibility index (Phi) is 4.83. The molecule has 1 aromatic heterocycles. The second kappa shape index (κ2) is 7.03. The number of aryl methyl sites for hydroxylation is 2. The van der Waals surface area contributed by atoms with E-state index in [9.17, 15) is 0 Å². The number of hydrogen-bond acceptors (Lipinski definition) is 5. The lowest BCUT2D eigenvalue weighted by Gasteiger charge is -2.12. The smallest absolute Gasteiger partial charge is 0.249 e. The zero-order valence-electron chi connectivity index (χ0n) is 13.1. The van der Waals surface area contributed by atoms with Crippen LogP contribution in [0.5, 0.6) is 0 Å². The standard InChI is InChI=1S/C17H15Cl2N5/c1-10-4-3-5-11(2)16(10)23-17-22-15(9-20-24-17)21-14-8-12(18)6-7-13(14)19/h3-9H,1-2H3,(H2,21,22,23,24). The van der Waals surface area contributed by atoms with Crippen LogP contribution in [0.3, 0.4) is 0 Å². The molecule has 0 bridgehead atoms. The van der Waals surface area contributed by atoms with Gasteiger partial charge in [-0.3, -0.25) is 0 Å². The van der Waals surface area contributed by atoms with E-state index in [0.29, 0.717) is 27.5 Å². The summed E-state index contributed by atoms with van der Waals surface area (Å²) >= 11 is 12.2. The van der Waals surface area contributed by atoms with Crippen molar-refractivity contribution < 1.29 is 0 Å². The van der Waals surface area contributed by atoms with Crippen LogP contribution in [0.25, 0.3) is 0 Å². The lowest BCUT2D eigenvalue weighted by molar-refractivity contribution is 0.981. The predicted molar refractivity (Wildman–Crippen MR) is 98.8 cm³/mol. The first-order valence-electron chi connectivity index (χ1n) is 7.28. The van der Waals surface area contributed by atoms with Gasteiger partial charge in [0, 0.05) is 10.7 Å². The molecule has 24 heavy (non-hydrogen) atoms. The molecular formula is C17H15Cl2N5. The van der Waals surface area contributed by atoms with Gasteiger partial charge in [0.15, 0.2) is 5.82 Å². The third-order valence-electron chi connectivity index (χ3n) is 3.47. The molecule has 0 amide bonds. The van der Waals surface area contributed by atoms with Crippen LogP contribution >= 0.6 is 23.2 Å². The number of rotatable bonds is 4. The summed E-state index contributed by atoms with van der Waals surface area (Å²) in [6.45, 7) is 4.05. The van der Waals surface area contributed by atoms with Crippen LogP contribution in [0.2, 0.25) is 10.0 Å². The number of para-hydroxylation sites is 1. The Balaban J connectivity index is 1.86. The van der Waals surface area contributed by atoms with Crippen molar-refractivity contribution in [1.29, 1.82) is 0 Å². The van der Waals surface area contributed by atoms with Crippen molar-refractivity contribution in [2.45, 2.75) is 13.8 Å². The van der Waals surface area contributed by atoms with E-state index in [2.05, 4.69) is 25.8 Å². The number of aromatic nitrogens is 3. The Morgan fingerprint density at radius 3 is 2.46 bits per heavy atom. The van der Waals surface area contributed by atoms with Gasteiger partial charge in [-0.15, -0.1) is 5.10 Å². The quantitative estimate of drug-likeness (QED) is 0.663. The maximum absolute atomic E-state index is 6.16. The molecule has 0 radical (unpaired) electrons. The van der Waals surface area contributed by atoms with E-state index in [0.717, 1.165) is 16.8 Å². The Bertz CT molecular complexity index is 862. The summed E-state index contributed by atoms with van der Waals surface area (Å²) in [4.78, 5) is 4.42. The van der Waals surface area contributed by atoms with Crippen LogP contribution in [0.4, 0.5) is 23.1 Å². The molecule has 0 saturated heterocycles. The fourth-order valence-electron chi connectivity index (χ4n) is 2.27. The molecule has 0 unspecified atom stereocenters. The average molecular weight is 360 g/mol. The van der Waals surface area contributed by atoms with Crippen molar-refractivity contribution >= 4 is 46.3 Å². The number of nitrogens with one attached hydrogen (secondary N) is 2. The summed E-state index contributed by atoms with van der Waals surface area (Å²) in [6.07, 6.45) is 1.52. The molecular weight excluding hydrogens is 345 g/mol. The highest BCUT2D eigenvalue weighted by Crippen LogP contribution is 2.28. The lowest BCUT2D eigenvalue weighted by atomic mass is 10.1. The van der Waals surface area contributed by atoms with E-state index in [1.807, 2.05) is 32.0 Å². The second-order valence-electron chi connectivity index (χ2n) is 5.31. The second-order valence-corrected chi connectivity index (χ2v) is 6.15. The minimum absolute atomic E-state index is 0.399. The van der Waals surface area contributed by atoms with Crippen LogP contribution in [-0.4, -0.2) is 15.2 Å². The van der Waals surface area contributed by atoms with E-state index in [4.69, 9.17) is 23.2 Å². The maximum atomic E-state index is 6.16. The van der Waals surface area contributed by atoms with E-state index in [-0.39, 0.29) is 0 Å². The Morgan fingerprint density at radius 2 is 1.71 bits per heavy atom. The van der Waals surface area contributed by atoms with E-state index < -0.39 is 0 Å². The van der Waals surface area contributed by atoms with Gasteiger partial charge in [-0.05, 0) is 43.2 Å². The van der Waals surface area contributed by atoms with Crippen LogP contribution in [0, 0.1) is 13.8 Å². The van der Waals surface area contributed by atoms with Crippen LogP contribution in [0.15, 0.2) is 42.6 Å². The topological polar surface area (TPSA) is 62.7 Å². The van der Waals surface area contributed by atoms with Crippen molar-refractivity contribution in [3.63, 3.8) is 0 Å². The van der Waals surface area contributed by atoms with Crippen molar-refractivity contribution in [3.8, 4) is 0 Å². The summed E-state index contributed by atoms with van der Waals surface area (Å²) in [5.74, 6) is 0.915. The first kappa shape index (κ1) is 16.5. The molecule has 0 aliphatic heterocycles. The van der Waals surface area contributed by atoms with Gasteiger partial charge in [-0.2, -0.15) is 10.1 Å². The first-order valence-corrected chi connectivity index (χ1v) is 8.03. The van der Waals surface area contributed by atoms with Crippen molar-refractivity contribution in [3.05, 3.63) is 63.8 Å². The van der Waals surface area contributed by atoms with Gasteiger partial charge in [0.2, 0.25) is 5.95 Å². The Labute approximate surface area is 150 Å². The predicted octanol–water partition coefficient (Wildman–Crippen LogP) is 5.28. The van der Waals surface area contributed by atoms with E-state index >= 15 is 0 Å². The number of hydrogen-bond donors (Lipinski definition) is 2. The summed E-state index contributed by atoms with van der Waals surface area (Å²) in [5, 5.41) is 15.4. The highest BCUT2D eigenvalue weighted by molar-refractivity contribution is 6.35. The Morgan fingerprint density at radius 1 is 0.958 bits per heavy atom. The lowest BCUT2D eigenvalue weighted by Crippen LogP contribution is -2.04. The highest BCUT2D eigenvalue weighted by atomic mass is 35.5. The molecule has 0 saturated carbocycles. The van der Waals surface area contributed by atoms with Gasteiger partial charge in [-0.1, -0.05) is 41.4 Å². The van der Waals surface area contributed by atoms with Crippen molar-refractivity contribution in [2.24, 2.45) is 0 Å². The largest absolute Gasteiger partial charge is 0.338 e. The zero-order chi connectivity index (χ0) is 17.1. The van der Waals surface area contributed by atoms with E-state index in [1.54, 1.807) is 18.2 Å². The molecule has 2 N–H and O–H groups in total. The number of nitrogens with zero attached hydrogens (tertiary/aromatic N) is 3. The highest BCUT2D eigenvalue weighted by Gasteiger charge is 2.08. The van der Waals surface area contributed by atoms with Crippen molar-refractivity contribution in [2.75, 3.05) is 10.6 Å². The van der Waals surface area contributed by atoms with Crippen LogP contribution in [0.1, 0.15) is 11.1 Å². The third-order valence-corrected chi connectivity index (χ3v) is 4.03. The number of benzene rings is 2. The molecule has 2 aromatic carbocycles. The third kappa shape index (κ3) is 3.75. The van der Waals surface area contributed by atoms with Gasteiger partial charge >= 0.3 is 0 Å². The van der Waals surface area contributed by atoms with Crippen LogP contribution < -0.4 is 10.6 Å². The average Bonchev–Trinajstić information content (AvgIpc) is 2.55. The summed E-state index contributed by atoms with van der Waals surface area (Å²) in [5.41, 5.74) is 3.84. The van der Waals surface area contributed by atoms with Gasteiger partial charge in [0.1, 0.15) is 0 Å². The fraction of sp³-hybridized carbons (Fsp3) is 0.118. The fourth-order valence-corrected chi connectivity index (χ4v) is 2.61. The SMILES string of the molecule is Cc1cccc(C)c1Nc1nncc(Nc2cc(Cl)ccc2Cl)n1. The van der Waals surface area contributed by atoms with Gasteiger partial charge < -0.3 is 10.6 Å². The molecule has 0 atom stereocenters. The molecule has 0 aliphatic rings. The first-order chi connectivity index (χ1) is 11.5. The summed E-state index contributed by atoms with van der Waals surface area (Å²) in [7, 11) is 0. The summed E-state index contributed by atoms with van der Waals surface area (Å²) < 4.78 is 0. The maximum Gasteiger partial charge on any atom is 0.249 e. The minimum Gasteiger partial charge on any atom is -0.338 e. The molecule has 7 heteroatoms. The molecule has 0 aliphatic carbocycles. The van der Waals surface area contributed by atoms with Gasteiger partial charge in [0.25, 0.3) is 0 Å². The minimum atomic E-state index is 0.399. The van der Waals surface area contributed by atoms with Gasteiger partial charge in [0.05, 0.1) is 16.9 Å². The molecule has 5 nitrogen and oxygen atoms in total. The Hall–Kier alpha value is -2.37. The summed E-state index contributed by atoms with van der Waals surface area (Å²) in [6, 6.07) is 11.2. The molecule has 0 spiro atoms. The monoisotopic (exact) mass is 359 g/mol. The van der Waals surface area contributed by atoms with Gasteiger partial charge in [-0.25, -0.2) is 0 Å². The zero-order valence-corrected chi connectivity index (χ0v) is 14.7. The van der Waals surface area contributed by atoms with E-state index in [1.165, 1.54) is 6.20 Å². The molecule has 0 fully saturated rings. The van der Waals surface area contributed by atoms with Crippen molar-refractivity contribution in [1.82, 2.24) is 15.2 Å². The molecule has 122 valence electrons. The molecule has 1 heterocycles. The number of anilines is 4. The van der Waals surface area contributed by atoms with Crippen LogP contribution in [-0.2, 0) is 0 Å². The number of halogens is 2. The molecule has 3 rings (SSSR count). The normalized spacial score (nSPS) is 10.5. The molecule has 3 aromatic rings.